The highest BCUT2D eigenvalue weighted by atomic mass is 32.1. The second kappa shape index (κ2) is 8.15. The predicted octanol–water partition coefficient (Wildman–Crippen LogP) is 3.54. The van der Waals surface area contributed by atoms with Crippen LogP contribution in [0.3, 0.4) is 0 Å². The highest BCUT2D eigenvalue weighted by Crippen LogP contribution is 2.10. The standard InChI is InChI=1S/C11H10N2O.C6H6S/c1-14-6-2-3-9-7-10-4-5-12-11(10)13-8-9;7-6-4-2-1-3-5-6/h4-5,7-8H,6H2,1H3,(H,12,13);1-5,7H. The molecule has 0 spiro atoms. The van der Waals surface area contributed by atoms with Gasteiger partial charge in [0.15, 0.2) is 0 Å². The number of benzene rings is 1. The number of nitrogens with one attached hydrogen (secondary N) is 1. The second-order valence-electron chi connectivity index (χ2n) is 4.21. The summed E-state index contributed by atoms with van der Waals surface area (Å²) < 4.78 is 4.84. The number of rotatable bonds is 1. The zero-order chi connectivity index (χ0) is 14.9. The molecule has 3 rings (SSSR count). The Bertz CT molecular complexity index is 741. The van der Waals surface area contributed by atoms with Crippen LogP contribution in [0, 0.1) is 11.8 Å². The summed E-state index contributed by atoms with van der Waals surface area (Å²) in [5.41, 5.74) is 1.80. The molecule has 2 aromatic heterocycles. The molecule has 0 unspecified atom stereocenters. The highest BCUT2D eigenvalue weighted by Gasteiger charge is 1.94. The number of pyridine rings is 1. The maximum Gasteiger partial charge on any atom is 0.137 e. The van der Waals surface area contributed by atoms with Gasteiger partial charge in [-0.05, 0) is 24.3 Å². The topological polar surface area (TPSA) is 37.9 Å². The second-order valence-corrected chi connectivity index (χ2v) is 4.73. The minimum Gasteiger partial charge on any atom is -0.372 e. The summed E-state index contributed by atoms with van der Waals surface area (Å²) in [6.07, 6.45) is 3.62. The first-order chi connectivity index (χ1) is 10.3. The molecule has 0 radical (unpaired) electrons. The molecule has 0 aliphatic rings. The minimum atomic E-state index is 0.450. The number of ether oxygens (including phenoxy) is 1. The Morgan fingerprint density at radius 2 is 2.05 bits per heavy atom. The average Bonchev–Trinajstić information content (AvgIpc) is 2.97. The van der Waals surface area contributed by atoms with Crippen LogP contribution in [-0.2, 0) is 4.74 Å². The van der Waals surface area contributed by atoms with Gasteiger partial charge in [-0.2, -0.15) is 0 Å². The molecule has 0 atom stereocenters. The molecule has 3 nitrogen and oxygen atoms in total. The largest absolute Gasteiger partial charge is 0.372 e. The normalized spacial score (nSPS) is 9.43. The van der Waals surface area contributed by atoms with Crippen molar-refractivity contribution in [2.75, 3.05) is 13.7 Å². The SMILES string of the molecule is COCC#Cc1cnc2[nH]ccc2c1.Sc1ccccc1. The van der Waals surface area contributed by atoms with E-state index in [1.807, 2.05) is 48.7 Å². The first-order valence-corrected chi connectivity index (χ1v) is 6.89. The third-order valence-corrected chi connectivity index (χ3v) is 2.90. The summed E-state index contributed by atoms with van der Waals surface area (Å²) in [5.74, 6) is 5.86. The van der Waals surface area contributed by atoms with Crippen LogP contribution in [0.4, 0.5) is 0 Å². The van der Waals surface area contributed by atoms with E-state index in [0.29, 0.717) is 6.61 Å². The first kappa shape index (κ1) is 15.2. The van der Waals surface area contributed by atoms with Crippen molar-refractivity contribution in [3.8, 4) is 11.8 Å². The van der Waals surface area contributed by atoms with E-state index in [-0.39, 0.29) is 0 Å². The van der Waals surface area contributed by atoms with Crippen LogP contribution in [0.15, 0.2) is 59.8 Å². The van der Waals surface area contributed by atoms with E-state index in [1.165, 1.54) is 0 Å². The van der Waals surface area contributed by atoms with Crippen molar-refractivity contribution in [2.24, 2.45) is 0 Å². The Morgan fingerprint density at radius 1 is 1.24 bits per heavy atom. The van der Waals surface area contributed by atoms with Gasteiger partial charge in [-0.3, -0.25) is 0 Å². The van der Waals surface area contributed by atoms with Crippen molar-refractivity contribution >= 4 is 23.7 Å². The summed E-state index contributed by atoms with van der Waals surface area (Å²) in [4.78, 5) is 8.27. The summed E-state index contributed by atoms with van der Waals surface area (Å²) in [6.45, 7) is 0.450. The number of nitrogens with zero attached hydrogens (tertiary/aromatic N) is 1. The van der Waals surface area contributed by atoms with E-state index in [1.54, 1.807) is 13.3 Å². The monoisotopic (exact) mass is 296 g/mol. The van der Waals surface area contributed by atoms with Crippen molar-refractivity contribution in [3.63, 3.8) is 0 Å². The van der Waals surface area contributed by atoms with Crippen LogP contribution in [0.25, 0.3) is 11.0 Å². The van der Waals surface area contributed by atoms with Crippen LogP contribution in [0.5, 0.6) is 0 Å². The van der Waals surface area contributed by atoms with Gasteiger partial charge < -0.3 is 9.72 Å². The molecule has 0 fully saturated rings. The van der Waals surface area contributed by atoms with Crippen molar-refractivity contribution in [1.29, 1.82) is 0 Å². The third kappa shape index (κ3) is 4.99. The van der Waals surface area contributed by atoms with Crippen LogP contribution in [0.1, 0.15) is 5.56 Å². The summed E-state index contributed by atoms with van der Waals surface area (Å²) >= 11 is 4.08. The van der Waals surface area contributed by atoms with Crippen LogP contribution >= 0.6 is 12.6 Å². The van der Waals surface area contributed by atoms with Crippen LogP contribution in [0.2, 0.25) is 0 Å². The quantitative estimate of drug-likeness (QED) is 0.532. The molecule has 2 heterocycles. The molecule has 0 aliphatic carbocycles. The Balaban J connectivity index is 0.000000194. The molecule has 0 bridgehead atoms. The number of methoxy groups -OCH3 is 1. The van der Waals surface area contributed by atoms with Gasteiger partial charge in [-0.15, -0.1) is 12.6 Å². The van der Waals surface area contributed by atoms with Crippen molar-refractivity contribution in [3.05, 3.63) is 60.4 Å². The molecular weight excluding hydrogens is 280 g/mol. The maximum absolute atomic E-state index is 4.84. The van der Waals surface area contributed by atoms with Gasteiger partial charge in [0.1, 0.15) is 12.3 Å². The van der Waals surface area contributed by atoms with E-state index in [0.717, 1.165) is 21.5 Å². The number of thiol groups is 1. The number of fused-ring (bicyclic) bond motifs is 1. The molecular formula is C17H16N2OS. The molecule has 1 N–H and O–H groups in total. The van der Waals surface area contributed by atoms with Gasteiger partial charge >= 0.3 is 0 Å². The van der Waals surface area contributed by atoms with Gasteiger partial charge in [0.25, 0.3) is 0 Å². The van der Waals surface area contributed by atoms with Crippen molar-refractivity contribution in [2.45, 2.75) is 4.90 Å². The molecule has 0 saturated carbocycles. The molecule has 0 amide bonds. The van der Waals surface area contributed by atoms with Crippen LogP contribution < -0.4 is 0 Å². The highest BCUT2D eigenvalue weighted by molar-refractivity contribution is 7.80. The first-order valence-electron chi connectivity index (χ1n) is 6.44. The molecule has 1 aromatic carbocycles. The Morgan fingerprint density at radius 3 is 2.71 bits per heavy atom. The van der Waals surface area contributed by atoms with E-state index >= 15 is 0 Å². The van der Waals surface area contributed by atoms with E-state index in [2.05, 4.69) is 34.4 Å². The lowest BCUT2D eigenvalue weighted by Gasteiger charge is -1.90. The van der Waals surface area contributed by atoms with Crippen molar-refractivity contribution in [1.82, 2.24) is 9.97 Å². The molecule has 0 aliphatic heterocycles. The number of hydrogen-bond donors (Lipinski definition) is 2. The van der Waals surface area contributed by atoms with Gasteiger partial charge in [0.05, 0.1) is 0 Å². The Hall–Kier alpha value is -2.22. The fourth-order valence-corrected chi connectivity index (χ4v) is 1.82. The van der Waals surface area contributed by atoms with E-state index in [9.17, 15) is 0 Å². The lowest BCUT2D eigenvalue weighted by molar-refractivity contribution is 0.240. The molecule has 0 saturated heterocycles. The third-order valence-electron chi connectivity index (χ3n) is 2.61. The number of hydrogen-bond acceptors (Lipinski definition) is 3. The van der Waals surface area contributed by atoms with Crippen molar-refractivity contribution < 1.29 is 4.74 Å². The lowest BCUT2D eigenvalue weighted by Crippen LogP contribution is -1.83. The summed E-state index contributed by atoms with van der Waals surface area (Å²) in [6, 6.07) is 13.8. The van der Waals surface area contributed by atoms with Gasteiger partial charge in [0, 0.05) is 35.3 Å². The number of H-pyrrole nitrogens is 1. The minimum absolute atomic E-state index is 0.450. The smallest absolute Gasteiger partial charge is 0.137 e. The number of aromatic amines is 1. The zero-order valence-corrected chi connectivity index (χ0v) is 12.6. The molecule has 4 heteroatoms. The fraction of sp³-hybridized carbons (Fsp3) is 0.118. The summed E-state index contributed by atoms with van der Waals surface area (Å²) in [7, 11) is 1.63. The van der Waals surface area contributed by atoms with Gasteiger partial charge in [-0.1, -0.05) is 30.0 Å². The maximum atomic E-state index is 4.84. The summed E-state index contributed by atoms with van der Waals surface area (Å²) in [5, 5.41) is 1.08. The van der Waals surface area contributed by atoms with E-state index < -0.39 is 0 Å². The Labute approximate surface area is 129 Å². The van der Waals surface area contributed by atoms with Gasteiger partial charge in [0.2, 0.25) is 0 Å². The lowest BCUT2D eigenvalue weighted by atomic mass is 10.2. The predicted molar refractivity (Wildman–Crippen MR) is 88.5 cm³/mol. The molecule has 106 valence electrons. The number of aromatic nitrogens is 2. The van der Waals surface area contributed by atoms with Crippen LogP contribution in [-0.4, -0.2) is 23.7 Å². The fourth-order valence-electron chi connectivity index (χ4n) is 1.65. The average molecular weight is 296 g/mol. The van der Waals surface area contributed by atoms with Gasteiger partial charge in [-0.25, -0.2) is 4.98 Å². The molecule has 3 aromatic rings. The van der Waals surface area contributed by atoms with E-state index in [4.69, 9.17) is 4.74 Å². The Kier molecular flexibility index (Phi) is 5.89. The molecule has 21 heavy (non-hydrogen) atoms. The zero-order valence-electron chi connectivity index (χ0n) is 11.7.